The Balaban J connectivity index is 2.34. The highest BCUT2D eigenvalue weighted by Crippen LogP contribution is 2.20. The fourth-order valence-corrected chi connectivity index (χ4v) is 1.13. The number of hydrogen-bond donors (Lipinski definition) is 3. The van der Waals surface area contributed by atoms with Crippen LogP contribution in [0.1, 0.15) is 0 Å². The molecule has 0 saturated heterocycles. The molecule has 6 heteroatoms. The molecule has 0 amide bonds. The summed E-state index contributed by atoms with van der Waals surface area (Å²) in [6.07, 6.45) is 6.25. The Morgan fingerprint density at radius 2 is 2.54 bits per heavy atom. The number of hydrazine groups is 1. The summed E-state index contributed by atoms with van der Waals surface area (Å²) in [4.78, 5) is 14.7. The van der Waals surface area contributed by atoms with Crippen molar-refractivity contribution in [3.05, 3.63) is 24.2 Å². The molecule has 0 aliphatic carbocycles. The van der Waals surface area contributed by atoms with Crippen molar-refractivity contribution in [2.75, 3.05) is 0 Å². The van der Waals surface area contributed by atoms with Gasteiger partial charge in [0.15, 0.2) is 0 Å². The van der Waals surface area contributed by atoms with Crippen LogP contribution in [-0.4, -0.2) is 28.0 Å². The van der Waals surface area contributed by atoms with Crippen molar-refractivity contribution in [1.82, 2.24) is 10.4 Å². The second kappa shape index (κ2) is 2.41. The van der Waals surface area contributed by atoms with Crippen LogP contribution in [0.4, 0.5) is 0 Å². The second-order valence-electron chi connectivity index (χ2n) is 2.78. The number of allylic oxidation sites excluding steroid dienone is 1. The first-order valence-electron chi connectivity index (χ1n) is 3.65. The van der Waals surface area contributed by atoms with E-state index in [9.17, 15) is 4.79 Å². The summed E-state index contributed by atoms with van der Waals surface area (Å²) in [7, 11) is 0. The molecule has 2 rings (SSSR count). The summed E-state index contributed by atoms with van der Waals surface area (Å²) in [6.45, 7) is 0. The maximum Gasteiger partial charge on any atom is 0.344 e. The number of aliphatic carboxylic acids is 1. The Kier molecular flexibility index (Phi) is 1.48. The summed E-state index contributed by atoms with van der Waals surface area (Å²) in [6, 6.07) is 0. The van der Waals surface area contributed by atoms with Crippen molar-refractivity contribution < 1.29 is 9.90 Å². The highest BCUT2D eigenvalue weighted by atomic mass is 16.4. The Bertz CT molecular complexity index is 346. The molecule has 0 bridgehead atoms. The molecule has 0 spiro atoms. The normalized spacial score (nSPS) is 30.2. The van der Waals surface area contributed by atoms with Gasteiger partial charge in [-0.2, -0.15) is 5.43 Å². The van der Waals surface area contributed by atoms with Crippen molar-refractivity contribution >= 4 is 12.2 Å². The van der Waals surface area contributed by atoms with E-state index in [4.69, 9.17) is 10.8 Å². The van der Waals surface area contributed by atoms with Crippen LogP contribution in [0.25, 0.3) is 0 Å². The first kappa shape index (κ1) is 7.96. The van der Waals surface area contributed by atoms with E-state index in [0.717, 1.165) is 0 Å². The van der Waals surface area contributed by atoms with Crippen LogP contribution in [0.15, 0.2) is 29.2 Å². The van der Waals surface area contributed by atoms with Gasteiger partial charge in [-0.3, -0.25) is 10.7 Å². The number of hydrogen-bond acceptors (Lipinski definition) is 5. The van der Waals surface area contributed by atoms with Crippen molar-refractivity contribution in [2.24, 2.45) is 10.7 Å². The van der Waals surface area contributed by atoms with Gasteiger partial charge >= 0.3 is 5.97 Å². The molecule has 0 aromatic heterocycles. The molecule has 13 heavy (non-hydrogen) atoms. The summed E-state index contributed by atoms with van der Waals surface area (Å²) in [5.41, 5.74) is 6.56. The lowest BCUT2D eigenvalue weighted by atomic mass is 10.2. The van der Waals surface area contributed by atoms with Crippen molar-refractivity contribution in [3.63, 3.8) is 0 Å². The van der Waals surface area contributed by atoms with Gasteiger partial charge in [0.2, 0.25) is 5.66 Å². The van der Waals surface area contributed by atoms with Crippen LogP contribution in [0.3, 0.4) is 0 Å². The van der Waals surface area contributed by atoms with Gasteiger partial charge in [0, 0.05) is 18.5 Å². The number of rotatable bonds is 1. The maximum absolute atomic E-state index is 10.7. The molecule has 0 saturated carbocycles. The quantitative estimate of drug-likeness (QED) is 0.480. The van der Waals surface area contributed by atoms with Crippen LogP contribution in [0.5, 0.6) is 0 Å². The number of nitrogens with two attached hydrogens (primary N) is 1. The topological polar surface area (TPSA) is 91.0 Å². The van der Waals surface area contributed by atoms with Gasteiger partial charge in [-0.15, -0.1) is 0 Å². The molecule has 1 unspecified atom stereocenters. The SMILES string of the molecule is NC1(C(=O)O)C=C2N=CC=CN2N1. The van der Waals surface area contributed by atoms with E-state index in [-0.39, 0.29) is 0 Å². The van der Waals surface area contributed by atoms with Gasteiger partial charge in [-0.05, 0) is 6.08 Å². The zero-order valence-corrected chi connectivity index (χ0v) is 6.64. The molecule has 2 aliphatic rings. The molecule has 2 aliphatic heterocycles. The highest BCUT2D eigenvalue weighted by Gasteiger charge is 2.40. The van der Waals surface area contributed by atoms with Gasteiger partial charge < -0.3 is 5.11 Å². The summed E-state index contributed by atoms with van der Waals surface area (Å²) >= 11 is 0. The third kappa shape index (κ3) is 1.12. The number of aliphatic imine (C=N–C) groups is 1. The van der Waals surface area contributed by atoms with Crippen molar-refractivity contribution in [2.45, 2.75) is 5.66 Å². The molecule has 0 aromatic rings. The minimum absolute atomic E-state index is 0.493. The monoisotopic (exact) mass is 180 g/mol. The number of carbonyl (C=O) groups is 1. The van der Waals surface area contributed by atoms with Crippen LogP contribution < -0.4 is 11.2 Å². The van der Waals surface area contributed by atoms with E-state index in [0.29, 0.717) is 5.82 Å². The summed E-state index contributed by atoms with van der Waals surface area (Å²) in [5, 5.41) is 10.3. The maximum atomic E-state index is 10.7. The number of carboxylic acids is 1. The standard InChI is InChI=1S/C7H8N4O2/c8-7(6(12)13)4-5-9-2-1-3-11(5)10-7/h1-4,10H,8H2,(H,12,13). The van der Waals surface area contributed by atoms with E-state index in [2.05, 4.69) is 10.4 Å². The molecule has 4 N–H and O–H groups in total. The average Bonchev–Trinajstić information content (AvgIpc) is 2.42. The third-order valence-corrected chi connectivity index (χ3v) is 1.79. The van der Waals surface area contributed by atoms with Gasteiger partial charge in [-0.25, -0.2) is 9.79 Å². The molecule has 68 valence electrons. The molecule has 2 heterocycles. The van der Waals surface area contributed by atoms with E-state index in [1.54, 1.807) is 18.5 Å². The van der Waals surface area contributed by atoms with Crippen molar-refractivity contribution in [1.29, 1.82) is 0 Å². The fourth-order valence-electron chi connectivity index (χ4n) is 1.13. The van der Waals surface area contributed by atoms with Crippen LogP contribution in [0.2, 0.25) is 0 Å². The first-order valence-corrected chi connectivity index (χ1v) is 3.65. The zero-order valence-electron chi connectivity index (χ0n) is 6.64. The minimum Gasteiger partial charge on any atom is -0.479 e. The molecular weight excluding hydrogens is 172 g/mol. The molecule has 1 atom stereocenters. The first-order chi connectivity index (χ1) is 6.12. The molecule has 0 radical (unpaired) electrons. The number of nitrogens with zero attached hydrogens (tertiary/aromatic N) is 2. The van der Waals surface area contributed by atoms with Gasteiger partial charge in [0.25, 0.3) is 0 Å². The molecule has 0 aromatic carbocycles. The Labute approximate surface area is 74.0 Å². The highest BCUT2D eigenvalue weighted by molar-refractivity contribution is 5.82. The number of carboxylic acid groups (broad SMARTS) is 1. The fraction of sp³-hybridized carbons (Fsp3) is 0.143. The number of fused-ring (bicyclic) bond motifs is 1. The van der Waals surface area contributed by atoms with Crippen LogP contribution in [0, 0.1) is 0 Å². The van der Waals surface area contributed by atoms with E-state index < -0.39 is 11.6 Å². The van der Waals surface area contributed by atoms with Gasteiger partial charge in [0.1, 0.15) is 5.82 Å². The Hall–Kier alpha value is -1.66. The summed E-state index contributed by atoms with van der Waals surface area (Å²) in [5.74, 6) is -0.648. The lowest BCUT2D eigenvalue weighted by Gasteiger charge is -2.22. The third-order valence-electron chi connectivity index (χ3n) is 1.79. The van der Waals surface area contributed by atoms with Gasteiger partial charge in [0.05, 0.1) is 0 Å². The molecule has 0 fully saturated rings. The Morgan fingerprint density at radius 3 is 3.15 bits per heavy atom. The molecule has 6 nitrogen and oxygen atoms in total. The minimum atomic E-state index is -1.55. The Morgan fingerprint density at radius 1 is 1.77 bits per heavy atom. The smallest absolute Gasteiger partial charge is 0.344 e. The van der Waals surface area contributed by atoms with Crippen LogP contribution >= 0.6 is 0 Å². The van der Waals surface area contributed by atoms with E-state index in [1.165, 1.54) is 11.1 Å². The predicted octanol–water partition coefficient (Wildman–Crippen LogP) is -1.01. The van der Waals surface area contributed by atoms with E-state index in [1.807, 2.05) is 0 Å². The van der Waals surface area contributed by atoms with E-state index >= 15 is 0 Å². The largest absolute Gasteiger partial charge is 0.479 e. The second-order valence-corrected chi connectivity index (χ2v) is 2.78. The van der Waals surface area contributed by atoms with Crippen molar-refractivity contribution in [3.8, 4) is 0 Å². The van der Waals surface area contributed by atoms with Gasteiger partial charge in [-0.1, -0.05) is 0 Å². The molecular formula is C7H8N4O2. The predicted molar refractivity (Wildman–Crippen MR) is 45.2 cm³/mol. The average molecular weight is 180 g/mol. The lowest BCUT2D eigenvalue weighted by molar-refractivity contribution is -0.143. The number of nitrogens with one attached hydrogen (secondary N) is 1. The zero-order chi connectivity index (χ0) is 9.47. The lowest BCUT2D eigenvalue weighted by Crippen LogP contribution is -2.58. The van der Waals surface area contributed by atoms with Crippen LogP contribution in [-0.2, 0) is 4.79 Å². The summed E-state index contributed by atoms with van der Waals surface area (Å²) < 4.78 is 0.